The second-order valence-electron chi connectivity index (χ2n) is 6.11. The Kier molecular flexibility index (Phi) is 6.35. The molecule has 1 fully saturated rings. The van der Waals surface area contributed by atoms with E-state index >= 15 is 0 Å². The van der Waals surface area contributed by atoms with Crippen LogP contribution in [-0.2, 0) is 4.74 Å². The number of hydrogen-bond acceptors (Lipinski definition) is 3. The first-order valence-electron chi connectivity index (χ1n) is 7.27. The summed E-state index contributed by atoms with van der Waals surface area (Å²) < 4.78 is 5.14. The highest BCUT2D eigenvalue weighted by molar-refractivity contribution is 5.67. The third-order valence-electron chi connectivity index (χ3n) is 3.06. The normalized spacial score (nSPS) is 17.5. The molecule has 0 aromatic heterocycles. The summed E-state index contributed by atoms with van der Waals surface area (Å²) in [6.45, 7) is 9.17. The minimum absolute atomic E-state index is 0.366. The maximum atomic E-state index is 11.4. The van der Waals surface area contributed by atoms with Crippen LogP contribution in [0.1, 0.15) is 47.0 Å². The fourth-order valence-corrected chi connectivity index (χ4v) is 1.99. The number of amides is 1. The van der Waals surface area contributed by atoms with Crippen LogP contribution in [0.5, 0.6) is 0 Å². The SMILES string of the molecule is CCC(NC/C=C/CNC(=O)OC(C)(C)C)C1CC1. The van der Waals surface area contributed by atoms with Gasteiger partial charge >= 0.3 is 6.09 Å². The summed E-state index contributed by atoms with van der Waals surface area (Å²) in [5, 5.41) is 6.23. The summed E-state index contributed by atoms with van der Waals surface area (Å²) in [5.41, 5.74) is -0.437. The summed E-state index contributed by atoms with van der Waals surface area (Å²) >= 11 is 0. The predicted octanol–water partition coefficient (Wildman–Crippen LogP) is 2.85. The molecule has 0 aromatic carbocycles. The first-order chi connectivity index (χ1) is 8.92. The summed E-state index contributed by atoms with van der Waals surface area (Å²) in [7, 11) is 0. The van der Waals surface area contributed by atoms with Crippen molar-refractivity contribution in [3.8, 4) is 0 Å². The molecule has 110 valence electrons. The van der Waals surface area contributed by atoms with Crippen molar-refractivity contribution in [3.63, 3.8) is 0 Å². The number of carbonyl (C=O) groups is 1. The summed E-state index contributed by atoms with van der Waals surface area (Å²) in [4.78, 5) is 11.4. The molecule has 4 nitrogen and oxygen atoms in total. The van der Waals surface area contributed by atoms with Crippen molar-refractivity contribution in [1.82, 2.24) is 10.6 Å². The molecular formula is C15H28N2O2. The van der Waals surface area contributed by atoms with Gasteiger partial charge in [0.25, 0.3) is 0 Å². The van der Waals surface area contributed by atoms with Gasteiger partial charge in [0, 0.05) is 19.1 Å². The molecule has 2 N–H and O–H groups in total. The Balaban J connectivity index is 2.05. The standard InChI is InChI=1S/C15H28N2O2/c1-5-13(12-8-9-12)16-10-6-7-11-17-14(18)19-15(2,3)4/h6-7,12-13,16H,5,8-11H2,1-4H3,(H,17,18)/b7-6+. The number of ether oxygens (including phenoxy) is 1. The van der Waals surface area contributed by atoms with Gasteiger partial charge in [-0.2, -0.15) is 0 Å². The molecule has 0 heterocycles. The van der Waals surface area contributed by atoms with Gasteiger partial charge in [-0.15, -0.1) is 0 Å². The molecule has 0 bridgehead atoms. The lowest BCUT2D eigenvalue weighted by atomic mass is 10.1. The maximum absolute atomic E-state index is 11.4. The first kappa shape index (κ1) is 16.0. The summed E-state index contributed by atoms with van der Waals surface area (Å²) in [6, 6.07) is 0.656. The Hall–Kier alpha value is -1.03. The van der Waals surface area contributed by atoms with E-state index in [1.54, 1.807) is 0 Å². The zero-order valence-corrected chi connectivity index (χ0v) is 12.7. The van der Waals surface area contributed by atoms with Crippen LogP contribution in [0.15, 0.2) is 12.2 Å². The molecule has 1 rings (SSSR count). The predicted molar refractivity (Wildman–Crippen MR) is 78.2 cm³/mol. The molecule has 1 amide bonds. The maximum Gasteiger partial charge on any atom is 0.407 e. The Bertz CT molecular complexity index is 304. The number of alkyl carbamates (subject to hydrolysis) is 1. The van der Waals surface area contributed by atoms with E-state index in [9.17, 15) is 4.79 Å². The van der Waals surface area contributed by atoms with Crippen molar-refractivity contribution >= 4 is 6.09 Å². The van der Waals surface area contributed by atoms with Crippen molar-refractivity contribution in [1.29, 1.82) is 0 Å². The number of nitrogens with one attached hydrogen (secondary N) is 2. The van der Waals surface area contributed by atoms with Gasteiger partial charge in [-0.25, -0.2) is 4.79 Å². The lowest BCUT2D eigenvalue weighted by molar-refractivity contribution is 0.0534. The molecule has 1 aliphatic carbocycles. The van der Waals surface area contributed by atoms with Gasteiger partial charge in [-0.3, -0.25) is 0 Å². The van der Waals surface area contributed by atoms with Gasteiger partial charge in [-0.1, -0.05) is 19.1 Å². The van der Waals surface area contributed by atoms with Crippen LogP contribution in [0.25, 0.3) is 0 Å². The van der Waals surface area contributed by atoms with Gasteiger partial charge in [0.2, 0.25) is 0 Å². The lowest BCUT2D eigenvalue weighted by Crippen LogP contribution is -2.33. The van der Waals surface area contributed by atoms with Crippen LogP contribution in [0, 0.1) is 5.92 Å². The van der Waals surface area contributed by atoms with Crippen LogP contribution in [0.3, 0.4) is 0 Å². The minimum Gasteiger partial charge on any atom is -0.444 e. The molecule has 0 spiro atoms. The second-order valence-corrected chi connectivity index (χ2v) is 6.11. The quantitative estimate of drug-likeness (QED) is 0.698. The largest absolute Gasteiger partial charge is 0.444 e. The fourth-order valence-electron chi connectivity index (χ4n) is 1.99. The minimum atomic E-state index is -0.437. The molecule has 0 radical (unpaired) electrons. The molecule has 1 saturated carbocycles. The highest BCUT2D eigenvalue weighted by Crippen LogP contribution is 2.33. The van der Waals surface area contributed by atoms with Gasteiger partial charge in [0.15, 0.2) is 0 Å². The molecule has 0 saturated heterocycles. The highest BCUT2D eigenvalue weighted by atomic mass is 16.6. The van der Waals surface area contributed by atoms with Crippen molar-refractivity contribution in [2.45, 2.75) is 58.6 Å². The van der Waals surface area contributed by atoms with Crippen LogP contribution in [-0.4, -0.2) is 30.8 Å². The van der Waals surface area contributed by atoms with Crippen LogP contribution < -0.4 is 10.6 Å². The van der Waals surface area contributed by atoms with E-state index in [1.807, 2.05) is 26.8 Å². The zero-order chi connectivity index (χ0) is 14.3. The average Bonchev–Trinajstić information content (AvgIpc) is 3.10. The third-order valence-corrected chi connectivity index (χ3v) is 3.06. The van der Waals surface area contributed by atoms with Gasteiger partial charge < -0.3 is 15.4 Å². The molecular weight excluding hydrogens is 240 g/mol. The van der Waals surface area contributed by atoms with E-state index in [4.69, 9.17) is 4.74 Å². The molecule has 0 aliphatic heterocycles. The number of rotatable bonds is 7. The Morgan fingerprint density at radius 2 is 1.95 bits per heavy atom. The Labute approximate surface area is 117 Å². The molecule has 1 atom stereocenters. The van der Waals surface area contributed by atoms with Gasteiger partial charge in [0.05, 0.1) is 0 Å². The number of carbonyl (C=O) groups excluding carboxylic acids is 1. The third kappa shape index (κ3) is 7.88. The van der Waals surface area contributed by atoms with Crippen LogP contribution in [0.4, 0.5) is 4.79 Å². The molecule has 1 aliphatic rings. The molecule has 4 heteroatoms. The van der Waals surface area contributed by atoms with Gasteiger partial charge in [0.1, 0.15) is 5.60 Å². The highest BCUT2D eigenvalue weighted by Gasteiger charge is 2.28. The lowest BCUT2D eigenvalue weighted by Gasteiger charge is -2.19. The fraction of sp³-hybridized carbons (Fsp3) is 0.800. The van der Waals surface area contributed by atoms with Crippen molar-refractivity contribution in [3.05, 3.63) is 12.2 Å². The molecule has 19 heavy (non-hydrogen) atoms. The Morgan fingerprint density at radius 3 is 2.47 bits per heavy atom. The first-order valence-corrected chi connectivity index (χ1v) is 7.27. The van der Waals surface area contributed by atoms with Crippen molar-refractivity contribution < 1.29 is 9.53 Å². The van der Waals surface area contributed by atoms with E-state index in [0.717, 1.165) is 12.5 Å². The molecule has 0 aromatic rings. The van der Waals surface area contributed by atoms with E-state index in [1.165, 1.54) is 19.3 Å². The average molecular weight is 268 g/mol. The van der Waals surface area contributed by atoms with Crippen LogP contribution in [0.2, 0.25) is 0 Å². The smallest absolute Gasteiger partial charge is 0.407 e. The van der Waals surface area contributed by atoms with E-state index in [2.05, 4.69) is 23.6 Å². The van der Waals surface area contributed by atoms with E-state index in [-0.39, 0.29) is 6.09 Å². The second kappa shape index (κ2) is 7.53. The van der Waals surface area contributed by atoms with Crippen molar-refractivity contribution in [2.75, 3.05) is 13.1 Å². The summed E-state index contributed by atoms with van der Waals surface area (Å²) in [6.07, 6.45) is 7.58. The Morgan fingerprint density at radius 1 is 1.32 bits per heavy atom. The van der Waals surface area contributed by atoms with E-state index in [0.29, 0.717) is 12.6 Å². The zero-order valence-electron chi connectivity index (χ0n) is 12.7. The molecule has 1 unspecified atom stereocenters. The van der Waals surface area contributed by atoms with Crippen molar-refractivity contribution in [2.24, 2.45) is 5.92 Å². The topological polar surface area (TPSA) is 50.4 Å². The van der Waals surface area contributed by atoms with E-state index < -0.39 is 5.60 Å². The van der Waals surface area contributed by atoms with Crippen LogP contribution >= 0.6 is 0 Å². The number of hydrogen-bond donors (Lipinski definition) is 2. The van der Waals surface area contributed by atoms with Gasteiger partial charge in [-0.05, 0) is 46.0 Å². The monoisotopic (exact) mass is 268 g/mol. The summed E-state index contributed by atoms with van der Waals surface area (Å²) in [5.74, 6) is 0.887.